The van der Waals surface area contributed by atoms with Gasteiger partial charge in [0, 0.05) is 5.92 Å². The van der Waals surface area contributed by atoms with E-state index in [0.717, 1.165) is 18.4 Å². The van der Waals surface area contributed by atoms with Crippen molar-refractivity contribution in [1.82, 2.24) is 0 Å². The van der Waals surface area contributed by atoms with Gasteiger partial charge in [0.2, 0.25) is 0 Å². The van der Waals surface area contributed by atoms with E-state index in [1.54, 1.807) is 0 Å². The summed E-state index contributed by atoms with van der Waals surface area (Å²) in [6, 6.07) is 0. The third-order valence-corrected chi connectivity index (χ3v) is 2.93. The van der Waals surface area contributed by atoms with Gasteiger partial charge < -0.3 is 0 Å². The topological polar surface area (TPSA) is 17.1 Å². The van der Waals surface area contributed by atoms with Crippen LogP contribution in [-0.4, -0.2) is 5.78 Å². The van der Waals surface area contributed by atoms with Crippen LogP contribution in [-0.2, 0) is 4.79 Å². The molecule has 1 saturated carbocycles. The molecule has 1 fully saturated rings. The second-order valence-corrected chi connectivity index (χ2v) is 4.22. The Morgan fingerprint density at radius 1 is 1.42 bits per heavy atom. The molecule has 12 heavy (non-hydrogen) atoms. The van der Waals surface area contributed by atoms with Crippen LogP contribution >= 0.6 is 0 Å². The lowest BCUT2D eigenvalue weighted by atomic mass is 9.74. The van der Waals surface area contributed by atoms with Crippen LogP contribution in [0.2, 0.25) is 0 Å². The second-order valence-electron chi connectivity index (χ2n) is 4.22. The first-order valence-corrected chi connectivity index (χ1v) is 4.77. The Morgan fingerprint density at radius 3 is 2.50 bits per heavy atom. The van der Waals surface area contributed by atoms with Crippen molar-refractivity contribution in [3.63, 3.8) is 0 Å². The number of allylic oxidation sites excluding steroid dienone is 1. The van der Waals surface area contributed by atoms with Gasteiger partial charge in [0.15, 0.2) is 5.78 Å². The first kappa shape index (κ1) is 9.50. The van der Waals surface area contributed by atoms with E-state index in [9.17, 15) is 4.79 Å². The molecule has 0 aromatic heterocycles. The first-order chi connectivity index (χ1) is 5.54. The minimum atomic E-state index is 0.215. The molecule has 0 amide bonds. The normalized spacial score (nSPS) is 31.3. The second kappa shape index (κ2) is 3.42. The molecule has 1 rings (SSSR count). The number of rotatable bonds is 1. The van der Waals surface area contributed by atoms with Crippen molar-refractivity contribution in [2.45, 2.75) is 33.6 Å². The van der Waals surface area contributed by atoms with Crippen LogP contribution in [0.25, 0.3) is 0 Å². The maximum absolute atomic E-state index is 11.5. The summed E-state index contributed by atoms with van der Waals surface area (Å²) >= 11 is 0. The lowest BCUT2D eigenvalue weighted by Gasteiger charge is -2.30. The van der Waals surface area contributed by atoms with E-state index in [1.807, 2.05) is 6.92 Å². The molecule has 0 bridgehead atoms. The Morgan fingerprint density at radius 2 is 2.00 bits per heavy atom. The van der Waals surface area contributed by atoms with Gasteiger partial charge in [0.1, 0.15) is 0 Å². The lowest BCUT2D eigenvalue weighted by Crippen LogP contribution is -2.28. The molecule has 0 aromatic carbocycles. The molecule has 0 spiro atoms. The first-order valence-electron chi connectivity index (χ1n) is 4.77. The van der Waals surface area contributed by atoms with Gasteiger partial charge in [-0.3, -0.25) is 4.79 Å². The number of hydrogen-bond acceptors (Lipinski definition) is 1. The standard InChI is InChI=1S/C11H18O/c1-7(2)10-6-5-8(3)11(12)9(10)4/h7-8,10H,4-6H2,1-3H3/t8-,10-/m1/s1. The maximum Gasteiger partial charge on any atom is 0.161 e. The van der Waals surface area contributed by atoms with E-state index in [0.29, 0.717) is 17.6 Å². The number of carbonyl (C=O) groups excluding carboxylic acids is 1. The highest BCUT2D eigenvalue weighted by atomic mass is 16.1. The SMILES string of the molecule is C=C1C(=O)[C@H](C)CC[C@@H]1C(C)C. The summed E-state index contributed by atoms with van der Waals surface area (Å²) in [6.07, 6.45) is 2.18. The van der Waals surface area contributed by atoms with Crippen molar-refractivity contribution in [2.75, 3.05) is 0 Å². The van der Waals surface area contributed by atoms with E-state index in [4.69, 9.17) is 0 Å². The van der Waals surface area contributed by atoms with Gasteiger partial charge in [0.05, 0.1) is 0 Å². The molecule has 1 aliphatic carbocycles. The summed E-state index contributed by atoms with van der Waals surface area (Å²) < 4.78 is 0. The van der Waals surface area contributed by atoms with Crippen LogP contribution in [0.3, 0.4) is 0 Å². The van der Waals surface area contributed by atoms with Crippen LogP contribution in [0, 0.1) is 17.8 Å². The summed E-state index contributed by atoms with van der Waals surface area (Å²) in [5, 5.41) is 0. The van der Waals surface area contributed by atoms with E-state index in [1.165, 1.54) is 0 Å². The summed E-state index contributed by atoms with van der Waals surface area (Å²) in [5.41, 5.74) is 0.865. The monoisotopic (exact) mass is 166 g/mol. The molecule has 0 N–H and O–H groups in total. The molecule has 0 saturated heterocycles. The number of Topliss-reactive ketones (excluding diaryl/α,β-unsaturated/α-hetero) is 1. The van der Waals surface area contributed by atoms with E-state index in [2.05, 4.69) is 20.4 Å². The van der Waals surface area contributed by atoms with Crippen LogP contribution in [0.1, 0.15) is 33.6 Å². The molecular formula is C11H18O. The van der Waals surface area contributed by atoms with Gasteiger partial charge >= 0.3 is 0 Å². The maximum atomic E-state index is 11.5. The van der Waals surface area contributed by atoms with E-state index < -0.39 is 0 Å². The molecule has 1 heteroatoms. The highest BCUT2D eigenvalue weighted by molar-refractivity contribution is 5.97. The minimum Gasteiger partial charge on any atom is -0.294 e. The van der Waals surface area contributed by atoms with Crippen molar-refractivity contribution < 1.29 is 4.79 Å². The highest BCUT2D eigenvalue weighted by Crippen LogP contribution is 2.33. The average Bonchev–Trinajstić information content (AvgIpc) is 2.00. The molecule has 1 nitrogen and oxygen atoms in total. The van der Waals surface area contributed by atoms with Gasteiger partial charge in [-0.2, -0.15) is 0 Å². The fourth-order valence-corrected chi connectivity index (χ4v) is 1.97. The molecular weight excluding hydrogens is 148 g/mol. The van der Waals surface area contributed by atoms with Gasteiger partial charge in [-0.05, 0) is 30.3 Å². The van der Waals surface area contributed by atoms with Gasteiger partial charge in [-0.15, -0.1) is 0 Å². The number of carbonyl (C=O) groups is 1. The Labute approximate surface area is 74.9 Å². The Bertz CT molecular complexity index is 203. The van der Waals surface area contributed by atoms with E-state index in [-0.39, 0.29) is 5.92 Å². The predicted octanol–water partition coefficient (Wildman–Crippen LogP) is 2.81. The molecule has 1 aliphatic rings. The van der Waals surface area contributed by atoms with Crippen LogP contribution < -0.4 is 0 Å². The zero-order valence-corrected chi connectivity index (χ0v) is 8.26. The van der Waals surface area contributed by atoms with Crippen LogP contribution in [0.4, 0.5) is 0 Å². The van der Waals surface area contributed by atoms with Crippen molar-refractivity contribution in [1.29, 1.82) is 0 Å². The van der Waals surface area contributed by atoms with Crippen molar-refractivity contribution in [3.8, 4) is 0 Å². The summed E-state index contributed by atoms with van der Waals surface area (Å²) in [7, 11) is 0. The molecule has 2 atom stereocenters. The van der Waals surface area contributed by atoms with Crippen molar-refractivity contribution in [2.24, 2.45) is 17.8 Å². The summed E-state index contributed by atoms with van der Waals surface area (Å²) in [4.78, 5) is 11.5. The van der Waals surface area contributed by atoms with Gasteiger partial charge in [-0.1, -0.05) is 27.4 Å². The smallest absolute Gasteiger partial charge is 0.161 e. The average molecular weight is 166 g/mol. The number of hydrogen-bond donors (Lipinski definition) is 0. The fourth-order valence-electron chi connectivity index (χ4n) is 1.97. The largest absolute Gasteiger partial charge is 0.294 e. The van der Waals surface area contributed by atoms with Gasteiger partial charge in [0.25, 0.3) is 0 Å². The summed E-state index contributed by atoms with van der Waals surface area (Å²) in [6.45, 7) is 10.2. The fraction of sp³-hybridized carbons (Fsp3) is 0.727. The Hall–Kier alpha value is -0.590. The Kier molecular flexibility index (Phi) is 2.71. The lowest BCUT2D eigenvalue weighted by molar-refractivity contribution is -0.121. The van der Waals surface area contributed by atoms with E-state index >= 15 is 0 Å². The predicted molar refractivity (Wildman–Crippen MR) is 50.9 cm³/mol. The number of ketones is 1. The molecule has 0 aromatic rings. The zero-order chi connectivity index (χ0) is 9.30. The van der Waals surface area contributed by atoms with Crippen LogP contribution in [0.15, 0.2) is 12.2 Å². The highest BCUT2D eigenvalue weighted by Gasteiger charge is 2.30. The van der Waals surface area contributed by atoms with Crippen molar-refractivity contribution >= 4 is 5.78 Å². The minimum absolute atomic E-state index is 0.215. The summed E-state index contributed by atoms with van der Waals surface area (Å²) in [5.74, 6) is 1.51. The quantitative estimate of drug-likeness (QED) is 0.547. The van der Waals surface area contributed by atoms with Crippen LogP contribution in [0.5, 0.6) is 0 Å². The molecule has 0 unspecified atom stereocenters. The zero-order valence-electron chi connectivity index (χ0n) is 8.26. The molecule has 0 heterocycles. The van der Waals surface area contributed by atoms with Gasteiger partial charge in [-0.25, -0.2) is 0 Å². The Balaban J connectivity index is 2.72. The molecule has 0 radical (unpaired) electrons. The van der Waals surface area contributed by atoms with Crippen molar-refractivity contribution in [3.05, 3.63) is 12.2 Å². The third kappa shape index (κ3) is 1.60. The molecule has 68 valence electrons. The third-order valence-electron chi connectivity index (χ3n) is 2.93. The molecule has 0 aliphatic heterocycles.